The monoisotopic (exact) mass is 485 g/mol. The van der Waals surface area contributed by atoms with Gasteiger partial charge in [-0.2, -0.15) is 5.10 Å². The summed E-state index contributed by atoms with van der Waals surface area (Å²) >= 11 is 0. The van der Waals surface area contributed by atoms with E-state index in [9.17, 15) is 18.0 Å². The van der Waals surface area contributed by atoms with Crippen molar-refractivity contribution >= 4 is 15.7 Å². The molecule has 3 aromatic rings. The fourth-order valence-corrected chi connectivity index (χ4v) is 4.51. The van der Waals surface area contributed by atoms with Crippen molar-refractivity contribution in [2.75, 3.05) is 14.2 Å². The fraction of sp³-hybridized carbons (Fsp3) is 0.292. The zero-order valence-corrected chi connectivity index (χ0v) is 20.3. The molecule has 0 unspecified atom stereocenters. The molecular formula is C24H27N3O6S. The molecule has 0 saturated carbocycles. The van der Waals surface area contributed by atoms with Crippen molar-refractivity contribution < 1.29 is 22.7 Å². The molecule has 0 bridgehead atoms. The zero-order chi connectivity index (χ0) is 24.9. The third-order valence-corrected chi connectivity index (χ3v) is 6.89. The molecule has 0 radical (unpaired) electrons. The Bertz CT molecular complexity index is 1330. The maximum atomic E-state index is 13.0. The van der Waals surface area contributed by atoms with E-state index in [4.69, 9.17) is 9.47 Å². The number of carbonyl (C=O) groups excluding carboxylic acids is 1. The lowest BCUT2D eigenvalue weighted by Gasteiger charge is -2.13. The number of sulfone groups is 1. The van der Waals surface area contributed by atoms with E-state index in [-0.39, 0.29) is 22.4 Å². The first-order valence-corrected chi connectivity index (χ1v) is 12.1. The van der Waals surface area contributed by atoms with E-state index in [0.717, 1.165) is 22.4 Å². The Morgan fingerprint density at radius 1 is 1.03 bits per heavy atom. The summed E-state index contributed by atoms with van der Waals surface area (Å²) in [6, 6.07) is 14.0. The molecule has 1 aromatic heterocycles. The van der Waals surface area contributed by atoms with Crippen molar-refractivity contribution in [3.05, 3.63) is 76.1 Å². The third-order valence-electron chi connectivity index (χ3n) is 5.23. The molecule has 0 spiro atoms. The number of rotatable bonds is 9. The summed E-state index contributed by atoms with van der Waals surface area (Å²) in [6.45, 7) is 3.70. The minimum atomic E-state index is -3.96. The highest BCUT2D eigenvalue weighted by Crippen LogP contribution is 2.30. The second-order valence-electron chi connectivity index (χ2n) is 7.82. The summed E-state index contributed by atoms with van der Waals surface area (Å²) in [5, 5.41) is 6.32. The molecular weight excluding hydrogens is 458 g/mol. The van der Waals surface area contributed by atoms with Crippen LogP contribution in [0.25, 0.3) is 0 Å². The molecule has 0 saturated heterocycles. The number of para-hydroxylation sites is 1. The summed E-state index contributed by atoms with van der Waals surface area (Å²) in [6.07, 6.45) is 0. The van der Waals surface area contributed by atoms with Crippen LogP contribution in [0.4, 0.5) is 0 Å². The Hall–Kier alpha value is -3.66. The predicted octanol–water partition coefficient (Wildman–Crippen LogP) is 2.53. The van der Waals surface area contributed by atoms with Gasteiger partial charge in [0.25, 0.3) is 5.56 Å². The maximum absolute atomic E-state index is 13.0. The summed E-state index contributed by atoms with van der Waals surface area (Å²) in [5.41, 5.74) is 1.08. The first kappa shape index (κ1) is 25.0. The highest BCUT2D eigenvalue weighted by Gasteiger charge is 2.21. The molecule has 0 atom stereocenters. The fourth-order valence-electron chi connectivity index (χ4n) is 3.32. The van der Waals surface area contributed by atoms with E-state index >= 15 is 0 Å². The Balaban J connectivity index is 1.78. The van der Waals surface area contributed by atoms with Gasteiger partial charge in [-0.25, -0.2) is 13.1 Å². The number of carbonyl (C=O) groups is 1. The van der Waals surface area contributed by atoms with Crippen LogP contribution in [-0.4, -0.2) is 38.3 Å². The van der Waals surface area contributed by atoms with Crippen LogP contribution in [0.15, 0.2) is 69.3 Å². The van der Waals surface area contributed by atoms with Crippen molar-refractivity contribution in [3.63, 3.8) is 0 Å². The van der Waals surface area contributed by atoms with Gasteiger partial charge in [-0.1, -0.05) is 38.1 Å². The molecule has 0 aliphatic heterocycles. The molecule has 9 nitrogen and oxygen atoms in total. The van der Waals surface area contributed by atoms with E-state index in [0.29, 0.717) is 17.1 Å². The number of hydrogen-bond donors (Lipinski definition) is 1. The van der Waals surface area contributed by atoms with E-state index in [1.165, 1.54) is 26.4 Å². The second kappa shape index (κ2) is 10.5. The predicted molar refractivity (Wildman–Crippen MR) is 126 cm³/mol. The number of nitrogens with one attached hydrogen (secondary N) is 1. The zero-order valence-electron chi connectivity index (χ0n) is 19.4. The Morgan fingerprint density at radius 2 is 1.74 bits per heavy atom. The summed E-state index contributed by atoms with van der Waals surface area (Å²) < 4.78 is 37.4. The van der Waals surface area contributed by atoms with Crippen LogP contribution in [0.1, 0.15) is 30.9 Å². The van der Waals surface area contributed by atoms with Gasteiger partial charge in [-0.05, 0) is 35.7 Å². The number of nitrogens with zero attached hydrogens (tertiary/aromatic N) is 2. The lowest BCUT2D eigenvalue weighted by molar-refractivity contribution is -0.122. The molecule has 2 aromatic carbocycles. The van der Waals surface area contributed by atoms with Gasteiger partial charge in [0.1, 0.15) is 6.54 Å². The largest absolute Gasteiger partial charge is 0.493 e. The second-order valence-corrected chi connectivity index (χ2v) is 9.72. The molecule has 180 valence electrons. The van der Waals surface area contributed by atoms with Crippen molar-refractivity contribution in [1.29, 1.82) is 0 Å². The van der Waals surface area contributed by atoms with Crippen LogP contribution in [0, 0.1) is 0 Å². The number of benzene rings is 2. The van der Waals surface area contributed by atoms with E-state index in [2.05, 4.69) is 10.4 Å². The quantitative estimate of drug-likeness (QED) is 0.495. The Labute approximate surface area is 198 Å². The molecule has 0 fully saturated rings. The topological polar surface area (TPSA) is 117 Å². The minimum absolute atomic E-state index is 0.0594. The summed E-state index contributed by atoms with van der Waals surface area (Å²) in [7, 11) is -0.955. The number of aromatic nitrogens is 2. The van der Waals surface area contributed by atoms with Crippen molar-refractivity contribution in [2.24, 2.45) is 0 Å². The van der Waals surface area contributed by atoms with Crippen LogP contribution < -0.4 is 20.3 Å². The number of amides is 1. The SMILES string of the molecule is COc1cccc(CNC(=O)Cn2nc(S(=O)(=O)c3ccc(C(C)C)cc3)ccc2=O)c1OC. The van der Waals surface area contributed by atoms with E-state index in [1.54, 1.807) is 30.3 Å². The molecule has 34 heavy (non-hydrogen) atoms. The number of ether oxygens (including phenoxy) is 2. The highest BCUT2D eigenvalue weighted by atomic mass is 32.2. The van der Waals surface area contributed by atoms with Gasteiger partial charge in [-0.3, -0.25) is 9.59 Å². The molecule has 1 amide bonds. The Kier molecular flexibility index (Phi) is 7.72. The van der Waals surface area contributed by atoms with Crippen molar-refractivity contribution in [3.8, 4) is 11.5 Å². The normalized spacial score (nSPS) is 11.3. The van der Waals surface area contributed by atoms with Gasteiger partial charge in [0.2, 0.25) is 15.7 Å². The van der Waals surface area contributed by atoms with Gasteiger partial charge in [0.05, 0.1) is 19.1 Å². The van der Waals surface area contributed by atoms with Crippen LogP contribution in [0.5, 0.6) is 11.5 Å². The van der Waals surface area contributed by atoms with Crippen LogP contribution in [0.2, 0.25) is 0 Å². The molecule has 10 heteroatoms. The van der Waals surface area contributed by atoms with Crippen LogP contribution in [0.3, 0.4) is 0 Å². The maximum Gasteiger partial charge on any atom is 0.267 e. The lowest BCUT2D eigenvalue weighted by atomic mass is 10.0. The highest BCUT2D eigenvalue weighted by molar-refractivity contribution is 7.91. The first-order valence-electron chi connectivity index (χ1n) is 10.6. The van der Waals surface area contributed by atoms with Gasteiger partial charge in [-0.15, -0.1) is 0 Å². The van der Waals surface area contributed by atoms with Gasteiger partial charge in [0.15, 0.2) is 16.5 Å². The van der Waals surface area contributed by atoms with Gasteiger partial charge >= 0.3 is 0 Å². The van der Waals surface area contributed by atoms with Crippen molar-refractivity contribution in [2.45, 2.75) is 42.8 Å². The number of hydrogen-bond acceptors (Lipinski definition) is 7. The van der Waals surface area contributed by atoms with Gasteiger partial charge in [0, 0.05) is 18.2 Å². The van der Waals surface area contributed by atoms with Crippen molar-refractivity contribution in [1.82, 2.24) is 15.1 Å². The van der Waals surface area contributed by atoms with Crippen LogP contribution >= 0.6 is 0 Å². The average molecular weight is 486 g/mol. The number of methoxy groups -OCH3 is 2. The molecule has 0 aliphatic rings. The smallest absolute Gasteiger partial charge is 0.267 e. The summed E-state index contributed by atoms with van der Waals surface area (Å²) in [5.74, 6) is 0.742. The average Bonchev–Trinajstić information content (AvgIpc) is 2.83. The third kappa shape index (κ3) is 5.45. The Morgan fingerprint density at radius 3 is 2.35 bits per heavy atom. The lowest BCUT2D eigenvalue weighted by Crippen LogP contribution is -2.33. The van der Waals surface area contributed by atoms with Gasteiger partial charge < -0.3 is 14.8 Å². The molecule has 3 rings (SSSR count). The standard InChI is InChI=1S/C24H27N3O6S/c1-16(2)17-8-10-19(11-9-17)34(30,31)22-12-13-23(29)27(26-22)15-21(28)25-14-18-6-5-7-20(32-3)24(18)33-4/h5-13,16H,14-15H2,1-4H3,(H,25,28). The summed E-state index contributed by atoms with van der Waals surface area (Å²) in [4.78, 5) is 24.8. The molecule has 1 heterocycles. The van der Waals surface area contributed by atoms with E-state index in [1.807, 2.05) is 13.8 Å². The van der Waals surface area contributed by atoms with Crippen LogP contribution in [-0.2, 0) is 27.7 Å². The van der Waals surface area contributed by atoms with E-state index < -0.39 is 27.8 Å². The molecule has 1 N–H and O–H groups in total. The molecule has 0 aliphatic carbocycles. The first-order chi connectivity index (χ1) is 16.2. The minimum Gasteiger partial charge on any atom is -0.493 e.